The Morgan fingerprint density at radius 3 is 2.55 bits per heavy atom. The van der Waals surface area contributed by atoms with E-state index in [1.807, 2.05) is 0 Å². The molecular weight excluding hydrogens is 248 g/mol. The van der Waals surface area contributed by atoms with Gasteiger partial charge in [-0.15, -0.1) is 0 Å². The number of aliphatic hydroxyl groups is 1. The van der Waals surface area contributed by atoms with Gasteiger partial charge in [0.2, 0.25) is 0 Å². The molecule has 0 spiro atoms. The first kappa shape index (κ1) is 16.3. The van der Waals surface area contributed by atoms with Gasteiger partial charge in [0.05, 0.1) is 0 Å². The lowest BCUT2D eigenvalue weighted by Gasteiger charge is -2.42. The molecule has 118 valence electrons. The molecule has 2 unspecified atom stereocenters. The number of hydrogen-bond acceptors (Lipinski definition) is 3. The smallest absolute Gasteiger partial charge is 0.0499 e. The molecule has 0 aromatic carbocycles. The van der Waals surface area contributed by atoms with Gasteiger partial charge in [-0.05, 0) is 64.7 Å². The fourth-order valence-electron chi connectivity index (χ4n) is 4.43. The summed E-state index contributed by atoms with van der Waals surface area (Å²) in [7, 11) is 4.49. The van der Waals surface area contributed by atoms with E-state index in [0.717, 1.165) is 18.4 Å². The van der Waals surface area contributed by atoms with Gasteiger partial charge in [-0.1, -0.05) is 19.8 Å². The van der Waals surface area contributed by atoms with Gasteiger partial charge >= 0.3 is 0 Å². The van der Waals surface area contributed by atoms with Gasteiger partial charge in [-0.3, -0.25) is 0 Å². The minimum Gasteiger partial charge on any atom is -0.396 e. The summed E-state index contributed by atoms with van der Waals surface area (Å²) in [5.41, 5.74) is 0.178. The topological polar surface area (TPSA) is 26.7 Å². The van der Waals surface area contributed by atoms with Crippen molar-refractivity contribution in [2.45, 2.75) is 45.4 Å². The third-order valence-electron chi connectivity index (χ3n) is 5.53. The molecule has 1 aliphatic heterocycles. The molecule has 1 N–H and O–H groups in total. The summed E-state index contributed by atoms with van der Waals surface area (Å²) in [5, 5.41) is 9.92. The molecular formula is C17H34N2O. The molecule has 2 atom stereocenters. The van der Waals surface area contributed by atoms with Crippen molar-refractivity contribution in [3.8, 4) is 0 Å². The predicted molar refractivity (Wildman–Crippen MR) is 84.9 cm³/mol. The molecule has 0 aromatic rings. The van der Waals surface area contributed by atoms with Crippen molar-refractivity contribution in [2.24, 2.45) is 17.3 Å². The number of piperidine rings is 1. The van der Waals surface area contributed by atoms with Gasteiger partial charge in [0, 0.05) is 25.1 Å². The minimum absolute atomic E-state index is 0.178. The molecule has 1 saturated carbocycles. The summed E-state index contributed by atoms with van der Waals surface area (Å²) in [6.45, 7) is 7.52. The lowest BCUT2D eigenvalue weighted by Crippen LogP contribution is -2.44. The van der Waals surface area contributed by atoms with Gasteiger partial charge in [-0.25, -0.2) is 0 Å². The molecule has 0 bridgehead atoms. The molecule has 2 aliphatic rings. The molecule has 0 amide bonds. The molecule has 20 heavy (non-hydrogen) atoms. The standard InChI is InChI=1S/C17H34N2O/c1-15-5-4-8-17(11-15,14-20)13-19(3)12-16-6-9-18(2)10-7-16/h15-16,20H,4-14H2,1-3H3. The normalized spacial score (nSPS) is 33.8. The van der Waals surface area contributed by atoms with Crippen LogP contribution in [0.5, 0.6) is 0 Å². The molecule has 3 heteroatoms. The van der Waals surface area contributed by atoms with E-state index >= 15 is 0 Å². The van der Waals surface area contributed by atoms with Crippen molar-refractivity contribution in [3.63, 3.8) is 0 Å². The van der Waals surface area contributed by atoms with E-state index in [1.165, 1.54) is 58.2 Å². The van der Waals surface area contributed by atoms with Gasteiger partial charge in [0.15, 0.2) is 0 Å². The van der Waals surface area contributed by atoms with Crippen LogP contribution in [0.15, 0.2) is 0 Å². The van der Waals surface area contributed by atoms with E-state index in [4.69, 9.17) is 0 Å². The number of likely N-dealkylation sites (tertiary alicyclic amines) is 1. The van der Waals surface area contributed by atoms with E-state index in [-0.39, 0.29) is 5.41 Å². The first-order chi connectivity index (χ1) is 9.53. The largest absolute Gasteiger partial charge is 0.396 e. The van der Waals surface area contributed by atoms with Crippen molar-refractivity contribution in [1.29, 1.82) is 0 Å². The van der Waals surface area contributed by atoms with Crippen LogP contribution in [0.25, 0.3) is 0 Å². The summed E-state index contributed by atoms with van der Waals surface area (Å²) in [5.74, 6) is 1.64. The average Bonchev–Trinajstić information content (AvgIpc) is 2.41. The Bertz CT molecular complexity index is 289. The van der Waals surface area contributed by atoms with Crippen LogP contribution in [0, 0.1) is 17.3 Å². The quantitative estimate of drug-likeness (QED) is 0.839. The van der Waals surface area contributed by atoms with Gasteiger partial charge in [-0.2, -0.15) is 0 Å². The maximum absolute atomic E-state index is 9.92. The van der Waals surface area contributed by atoms with E-state index in [0.29, 0.717) is 6.61 Å². The maximum Gasteiger partial charge on any atom is 0.0499 e. The van der Waals surface area contributed by atoms with E-state index in [1.54, 1.807) is 0 Å². The van der Waals surface area contributed by atoms with Crippen LogP contribution in [0.2, 0.25) is 0 Å². The summed E-state index contributed by atoms with van der Waals surface area (Å²) < 4.78 is 0. The van der Waals surface area contributed by atoms with Crippen LogP contribution in [-0.2, 0) is 0 Å². The second-order valence-electron chi connectivity index (χ2n) is 7.80. The zero-order valence-corrected chi connectivity index (χ0v) is 13.8. The molecule has 0 radical (unpaired) electrons. The highest BCUT2D eigenvalue weighted by molar-refractivity contribution is 4.87. The minimum atomic E-state index is 0.178. The zero-order valence-electron chi connectivity index (χ0n) is 13.8. The zero-order chi connectivity index (χ0) is 14.6. The van der Waals surface area contributed by atoms with Gasteiger partial charge in [0.25, 0.3) is 0 Å². The fraction of sp³-hybridized carbons (Fsp3) is 1.00. The SMILES string of the molecule is CC1CCCC(CO)(CN(C)CC2CCN(C)CC2)C1. The van der Waals surface area contributed by atoms with Gasteiger partial charge < -0.3 is 14.9 Å². The Morgan fingerprint density at radius 1 is 1.25 bits per heavy atom. The van der Waals surface area contributed by atoms with Crippen LogP contribution in [0.3, 0.4) is 0 Å². The lowest BCUT2D eigenvalue weighted by atomic mass is 9.70. The molecule has 2 fully saturated rings. The molecule has 1 saturated heterocycles. The van der Waals surface area contributed by atoms with Crippen molar-refractivity contribution < 1.29 is 5.11 Å². The van der Waals surface area contributed by atoms with E-state index in [2.05, 4.69) is 30.8 Å². The molecule has 1 heterocycles. The van der Waals surface area contributed by atoms with Gasteiger partial charge in [0.1, 0.15) is 0 Å². The third kappa shape index (κ3) is 4.44. The molecule has 3 nitrogen and oxygen atoms in total. The Kier molecular flexibility index (Phi) is 5.88. The Hall–Kier alpha value is -0.120. The van der Waals surface area contributed by atoms with Crippen molar-refractivity contribution in [1.82, 2.24) is 9.80 Å². The predicted octanol–water partition coefficient (Wildman–Crippen LogP) is 2.45. The molecule has 0 aromatic heterocycles. The molecule has 1 aliphatic carbocycles. The second kappa shape index (κ2) is 7.24. The summed E-state index contributed by atoms with van der Waals surface area (Å²) >= 11 is 0. The summed E-state index contributed by atoms with van der Waals surface area (Å²) in [6, 6.07) is 0. The lowest BCUT2D eigenvalue weighted by molar-refractivity contribution is 0.0245. The number of hydrogen-bond donors (Lipinski definition) is 1. The van der Waals surface area contributed by atoms with Crippen LogP contribution in [-0.4, -0.2) is 61.8 Å². The number of aliphatic hydroxyl groups excluding tert-OH is 1. The first-order valence-corrected chi connectivity index (χ1v) is 8.51. The van der Waals surface area contributed by atoms with Crippen LogP contribution in [0.1, 0.15) is 45.4 Å². The Morgan fingerprint density at radius 2 is 1.95 bits per heavy atom. The summed E-state index contributed by atoms with van der Waals surface area (Å²) in [4.78, 5) is 4.94. The Labute approximate surface area is 125 Å². The summed E-state index contributed by atoms with van der Waals surface area (Å²) in [6.07, 6.45) is 7.74. The van der Waals surface area contributed by atoms with Crippen molar-refractivity contribution in [3.05, 3.63) is 0 Å². The Balaban J connectivity index is 1.81. The average molecular weight is 282 g/mol. The highest BCUT2D eigenvalue weighted by Gasteiger charge is 2.35. The van der Waals surface area contributed by atoms with Crippen LogP contribution in [0.4, 0.5) is 0 Å². The van der Waals surface area contributed by atoms with E-state index in [9.17, 15) is 5.11 Å². The molecule has 2 rings (SSSR count). The maximum atomic E-state index is 9.92. The first-order valence-electron chi connectivity index (χ1n) is 8.51. The monoisotopic (exact) mass is 282 g/mol. The van der Waals surface area contributed by atoms with Crippen LogP contribution < -0.4 is 0 Å². The van der Waals surface area contributed by atoms with Crippen LogP contribution >= 0.6 is 0 Å². The van der Waals surface area contributed by atoms with Crippen molar-refractivity contribution >= 4 is 0 Å². The van der Waals surface area contributed by atoms with E-state index < -0.39 is 0 Å². The number of nitrogens with zero attached hydrogens (tertiary/aromatic N) is 2. The third-order valence-corrected chi connectivity index (χ3v) is 5.53. The highest BCUT2D eigenvalue weighted by atomic mass is 16.3. The highest BCUT2D eigenvalue weighted by Crippen LogP contribution is 2.39. The second-order valence-corrected chi connectivity index (χ2v) is 7.80. The number of rotatable bonds is 5. The van der Waals surface area contributed by atoms with Crippen molar-refractivity contribution in [2.75, 3.05) is 46.9 Å². The fourth-order valence-corrected chi connectivity index (χ4v) is 4.43.